The van der Waals surface area contributed by atoms with Gasteiger partial charge in [0.05, 0.1) is 17.2 Å². The van der Waals surface area contributed by atoms with Crippen LogP contribution in [-0.2, 0) is 0 Å². The van der Waals surface area contributed by atoms with E-state index in [0.717, 1.165) is 42.8 Å². The lowest BCUT2D eigenvalue weighted by Crippen LogP contribution is -2.35. The normalized spacial score (nSPS) is 15.3. The highest BCUT2D eigenvalue weighted by Crippen LogP contribution is 2.33. The Hall–Kier alpha value is -4.47. The number of phenols is 1. The number of aromatic carboxylic acids is 1. The van der Waals surface area contributed by atoms with E-state index >= 15 is 4.39 Å². The SMILES string of the molecule is Cc1cccnc1OC[C@H]1CCCN1c1cc2c(cc1F)c(=O)c(C(=O)O)cn2-c1ccc(F)c(O)c1. The van der Waals surface area contributed by atoms with E-state index in [4.69, 9.17) is 4.74 Å². The summed E-state index contributed by atoms with van der Waals surface area (Å²) in [5.74, 6) is -3.17. The van der Waals surface area contributed by atoms with E-state index in [9.17, 15) is 24.2 Å². The van der Waals surface area contributed by atoms with Gasteiger partial charge in [-0.25, -0.2) is 18.6 Å². The number of ether oxygens (including phenoxy) is 1. The number of nitrogens with zero attached hydrogens (tertiary/aromatic N) is 3. The fraction of sp³-hybridized carbons (Fsp3) is 0.222. The molecular formula is C27H23F2N3O5. The lowest BCUT2D eigenvalue weighted by molar-refractivity contribution is 0.0695. The minimum absolute atomic E-state index is 0.152. The Kier molecular flexibility index (Phi) is 6.24. The van der Waals surface area contributed by atoms with Crippen LogP contribution in [0.15, 0.2) is 59.7 Å². The number of aromatic nitrogens is 2. The molecule has 10 heteroatoms. The molecule has 1 atom stereocenters. The van der Waals surface area contributed by atoms with Crippen LogP contribution in [0.4, 0.5) is 14.5 Å². The van der Waals surface area contributed by atoms with Gasteiger partial charge in [-0.3, -0.25) is 4.79 Å². The highest BCUT2D eigenvalue weighted by atomic mass is 19.1. The standard InChI is InChI=1S/C27H23F2N3O5/c1-15-4-2-8-30-26(15)37-14-17-5-3-9-31(17)23-12-22-18(11-21(23)29)25(34)19(27(35)36)13-32(22)16-6-7-20(28)24(33)10-16/h2,4,6-8,10-13,17,33H,3,5,9,14H2,1H3,(H,35,36)/t17-/m1/s1. The largest absolute Gasteiger partial charge is 0.505 e. The second kappa shape index (κ2) is 9.53. The molecule has 2 aromatic heterocycles. The van der Waals surface area contributed by atoms with Crippen molar-refractivity contribution in [3.8, 4) is 17.3 Å². The number of carboxylic acids is 1. The summed E-state index contributed by atoms with van der Waals surface area (Å²) < 4.78 is 36.4. The third kappa shape index (κ3) is 4.46. The van der Waals surface area contributed by atoms with E-state index in [1.165, 1.54) is 16.7 Å². The van der Waals surface area contributed by atoms with Gasteiger partial charge in [0.1, 0.15) is 18.0 Å². The van der Waals surface area contributed by atoms with Gasteiger partial charge in [0, 0.05) is 41.6 Å². The van der Waals surface area contributed by atoms with Crippen molar-refractivity contribution in [2.45, 2.75) is 25.8 Å². The van der Waals surface area contributed by atoms with E-state index in [2.05, 4.69) is 4.98 Å². The molecule has 0 unspecified atom stereocenters. The molecule has 0 saturated carbocycles. The maximum Gasteiger partial charge on any atom is 0.341 e. The lowest BCUT2D eigenvalue weighted by Gasteiger charge is -2.28. The Morgan fingerprint density at radius 1 is 1.19 bits per heavy atom. The minimum atomic E-state index is -1.49. The minimum Gasteiger partial charge on any atom is -0.505 e. The number of anilines is 1. The smallest absolute Gasteiger partial charge is 0.341 e. The zero-order valence-electron chi connectivity index (χ0n) is 19.8. The van der Waals surface area contributed by atoms with Crippen LogP contribution in [0.1, 0.15) is 28.8 Å². The molecule has 2 N–H and O–H groups in total. The van der Waals surface area contributed by atoms with Gasteiger partial charge in [-0.15, -0.1) is 0 Å². The van der Waals surface area contributed by atoms with E-state index in [1.54, 1.807) is 6.20 Å². The molecule has 1 saturated heterocycles. The van der Waals surface area contributed by atoms with Gasteiger partial charge in [-0.1, -0.05) is 6.07 Å². The van der Waals surface area contributed by atoms with Crippen molar-refractivity contribution in [1.29, 1.82) is 0 Å². The summed E-state index contributed by atoms with van der Waals surface area (Å²) >= 11 is 0. The van der Waals surface area contributed by atoms with Crippen LogP contribution in [-0.4, -0.2) is 44.9 Å². The second-order valence-electron chi connectivity index (χ2n) is 8.93. The van der Waals surface area contributed by atoms with Gasteiger partial charge < -0.3 is 24.4 Å². The maximum absolute atomic E-state index is 15.5. The molecule has 0 radical (unpaired) electrons. The summed E-state index contributed by atoms with van der Waals surface area (Å²) in [7, 11) is 0. The first-order valence-corrected chi connectivity index (χ1v) is 11.7. The molecule has 4 aromatic rings. The molecule has 8 nitrogen and oxygen atoms in total. The van der Waals surface area contributed by atoms with Crippen LogP contribution >= 0.6 is 0 Å². The van der Waals surface area contributed by atoms with Crippen molar-refractivity contribution in [1.82, 2.24) is 9.55 Å². The van der Waals surface area contributed by atoms with Crippen molar-refractivity contribution >= 4 is 22.6 Å². The van der Waals surface area contributed by atoms with E-state index in [1.807, 2.05) is 24.0 Å². The predicted molar refractivity (Wildman–Crippen MR) is 133 cm³/mol. The van der Waals surface area contributed by atoms with Gasteiger partial charge in [0.2, 0.25) is 11.3 Å². The highest BCUT2D eigenvalue weighted by molar-refractivity contribution is 5.94. The zero-order chi connectivity index (χ0) is 26.3. The van der Waals surface area contributed by atoms with Gasteiger partial charge >= 0.3 is 5.97 Å². The van der Waals surface area contributed by atoms with Gasteiger partial charge in [-0.05, 0) is 50.1 Å². The number of pyridine rings is 2. The van der Waals surface area contributed by atoms with Gasteiger partial charge in [0.15, 0.2) is 11.6 Å². The lowest BCUT2D eigenvalue weighted by atomic mass is 10.1. The van der Waals surface area contributed by atoms with Crippen molar-refractivity contribution < 1.29 is 28.5 Å². The molecule has 1 aliphatic heterocycles. The Balaban J connectivity index is 1.61. The number of carbonyl (C=O) groups is 1. The van der Waals surface area contributed by atoms with Crippen molar-refractivity contribution in [3.05, 3.63) is 87.8 Å². The molecule has 5 rings (SSSR count). The number of fused-ring (bicyclic) bond motifs is 1. The summed E-state index contributed by atoms with van der Waals surface area (Å²) in [6.07, 6.45) is 4.27. The van der Waals surface area contributed by atoms with Gasteiger partial charge in [0.25, 0.3) is 0 Å². The molecule has 1 aliphatic rings. The molecule has 3 heterocycles. The number of rotatable bonds is 6. The molecule has 0 aliphatic carbocycles. The Bertz CT molecular complexity index is 1590. The first-order valence-electron chi connectivity index (χ1n) is 11.7. The third-order valence-electron chi connectivity index (χ3n) is 6.57. The summed E-state index contributed by atoms with van der Waals surface area (Å²) in [6.45, 7) is 2.70. The Morgan fingerprint density at radius 2 is 2.00 bits per heavy atom. The average Bonchev–Trinajstić information content (AvgIpc) is 3.33. The second-order valence-corrected chi connectivity index (χ2v) is 8.93. The summed E-state index contributed by atoms with van der Waals surface area (Å²) in [4.78, 5) is 30.7. The maximum atomic E-state index is 15.5. The van der Waals surface area contributed by atoms with Gasteiger partial charge in [-0.2, -0.15) is 0 Å². The molecular weight excluding hydrogens is 484 g/mol. The van der Waals surface area contributed by atoms with Crippen LogP contribution < -0.4 is 15.1 Å². The quantitative estimate of drug-likeness (QED) is 0.398. The summed E-state index contributed by atoms with van der Waals surface area (Å²) in [5.41, 5.74) is 0.0909. The van der Waals surface area contributed by atoms with Crippen LogP contribution in [0.3, 0.4) is 0 Å². The van der Waals surface area contributed by atoms with Crippen LogP contribution in [0.25, 0.3) is 16.6 Å². The molecule has 0 spiro atoms. The fourth-order valence-electron chi connectivity index (χ4n) is 4.69. The van der Waals surface area contributed by atoms with Crippen LogP contribution in [0.2, 0.25) is 0 Å². The van der Waals surface area contributed by atoms with E-state index < -0.39 is 34.3 Å². The van der Waals surface area contributed by atoms with Crippen molar-refractivity contribution in [2.24, 2.45) is 0 Å². The number of carboxylic acid groups (broad SMARTS) is 1. The molecule has 2 aromatic carbocycles. The summed E-state index contributed by atoms with van der Waals surface area (Å²) in [5, 5.41) is 19.3. The molecule has 37 heavy (non-hydrogen) atoms. The van der Waals surface area contributed by atoms with Crippen molar-refractivity contribution in [3.63, 3.8) is 0 Å². The zero-order valence-corrected chi connectivity index (χ0v) is 19.8. The Labute approximate surface area is 210 Å². The number of phenolic OH excluding ortho intramolecular Hbond substituents is 1. The average molecular weight is 507 g/mol. The van der Waals surface area contributed by atoms with Crippen molar-refractivity contribution in [2.75, 3.05) is 18.1 Å². The first kappa shape index (κ1) is 24.2. The molecule has 1 fully saturated rings. The third-order valence-corrected chi connectivity index (χ3v) is 6.57. The topological polar surface area (TPSA) is 105 Å². The molecule has 0 bridgehead atoms. The number of aryl methyl sites for hydroxylation is 1. The van der Waals surface area contributed by atoms with Crippen LogP contribution in [0, 0.1) is 18.6 Å². The Morgan fingerprint density at radius 3 is 2.73 bits per heavy atom. The number of benzene rings is 2. The monoisotopic (exact) mass is 507 g/mol. The van der Waals surface area contributed by atoms with Crippen LogP contribution in [0.5, 0.6) is 11.6 Å². The number of hydrogen-bond donors (Lipinski definition) is 2. The van der Waals surface area contributed by atoms with E-state index in [-0.39, 0.29) is 34.9 Å². The molecule has 190 valence electrons. The number of aromatic hydroxyl groups is 1. The number of hydrogen-bond acceptors (Lipinski definition) is 6. The fourth-order valence-corrected chi connectivity index (χ4v) is 4.69. The number of halogens is 2. The summed E-state index contributed by atoms with van der Waals surface area (Å²) in [6, 6.07) is 9.49. The predicted octanol–water partition coefficient (Wildman–Crippen LogP) is 4.42. The highest BCUT2D eigenvalue weighted by Gasteiger charge is 2.29. The van der Waals surface area contributed by atoms with E-state index in [0.29, 0.717) is 12.4 Å². The molecule has 0 amide bonds. The first-order chi connectivity index (χ1) is 17.7.